The number of rotatable bonds is 5. The maximum atomic E-state index is 10.8. The van der Waals surface area contributed by atoms with Crippen molar-refractivity contribution >= 4 is 17.3 Å². The van der Waals surface area contributed by atoms with Crippen molar-refractivity contribution in [1.82, 2.24) is 0 Å². The summed E-state index contributed by atoms with van der Waals surface area (Å²) in [5.41, 5.74) is 2.40. The van der Waals surface area contributed by atoms with Crippen LogP contribution in [0.25, 0.3) is 0 Å². The molecule has 0 atom stereocenters. The summed E-state index contributed by atoms with van der Waals surface area (Å²) in [6.07, 6.45) is -0.00680. The van der Waals surface area contributed by atoms with Gasteiger partial charge < -0.3 is 15.2 Å². The molecule has 0 saturated carbocycles. The van der Waals surface area contributed by atoms with E-state index < -0.39 is 5.97 Å². The fourth-order valence-corrected chi connectivity index (χ4v) is 1.82. The Bertz CT molecular complexity index is 581. The summed E-state index contributed by atoms with van der Waals surface area (Å²) in [5.74, 6) is -0.0967. The first kappa shape index (κ1) is 13.0. The van der Waals surface area contributed by atoms with E-state index in [9.17, 15) is 4.79 Å². The molecule has 0 amide bonds. The van der Waals surface area contributed by atoms with Crippen LogP contribution >= 0.6 is 0 Å². The van der Waals surface area contributed by atoms with Crippen LogP contribution < -0.4 is 10.1 Å². The maximum Gasteiger partial charge on any atom is 0.307 e. The number of carbonyl (C=O) groups is 1. The highest BCUT2D eigenvalue weighted by atomic mass is 16.5. The van der Waals surface area contributed by atoms with E-state index in [0.29, 0.717) is 0 Å². The van der Waals surface area contributed by atoms with Gasteiger partial charge in [-0.05, 0) is 23.8 Å². The molecule has 0 aliphatic heterocycles. The Morgan fingerprint density at radius 3 is 2.74 bits per heavy atom. The van der Waals surface area contributed by atoms with Crippen LogP contribution in [0.15, 0.2) is 48.5 Å². The summed E-state index contributed by atoms with van der Waals surface area (Å²) in [6.45, 7) is 0. The molecule has 19 heavy (non-hydrogen) atoms. The van der Waals surface area contributed by atoms with Gasteiger partial charge in [-0.25, -0.2) is 0 Å². The average molecular weight is 257 g/mol. The highest BCUT2D eigenvalue weighted by molar-refractivity contribution is 5.75. The number of carboxylic acid groups (broad SMARTS) is 1. The molecule has 2 aromatic rings. The normalized spacial score (nSPS) is 9.95. The van der Waals surface area contributed by atoms with Gasteiger partial charge in [0.15, 0.2) is 0 Å². The van der Waals surface area contributed by atoms with Gasteiger partial charge >= 0.3 is 5.97 Å². The molecule has 0 saturated heterocycles. The van der Waals surface area contributed by atoms with Gasteiger partial charge in [-0.15, -0.1) is 0 Å². The van der Waals surface area contributed by atoms with E-state index in [4.69, 9.17) is 9.84 Å². The van der Waals surface area contributed by atoms with Crippen LogP contribution in [-0.4, -0.2) is 18.2 Å². The van der Waals surface area contributed by atoms with Gasteiger partial charge in [0.1, 0.15) is 5.75 Å². The van der Waals surface area contributed by atoms with E-state index in [0.717, 1.165) is 22.7 Å². The minimum absolute atomic E-state index is 0.00680. The Balaban J connectivity index is 2.24. The average Bonchev–Trinajstić information content (AvgIpc) is 2.41. The number of para-hydroxylation sites is 1. The highest BCUT2D eigenvalue weighted by Crippen LogP contribution is 2.24. The van der Waals surface area contributed by atoms with Crippen LogP contribution in [0.5, 0.6) is 5.75 Å². The van der Waals surface area contributed by atoms with E-state index in [1.165, 1.54) is 0 Å². The van der Waals surface area contributed by atoms with Crippen molar-refractivity contribution in [2.24, 2.45) is 0 Å². The summed E-state index contributed by atoms with van der Waals surface area (Å²) >= 11 is 0. The number of nitrogens with one attached hydrogen (secondary N) is 1. The van der Waals surface area contributed by atoms with Crippen molar-refractivity contribution in [3.05, 3.63) is 54.1 Å². The van der Waals surface area contributed by atoms with E-state index in [-0.39, 0.29) is 6.42 Å². The lowest BCUT2D eigenvalue weighted by Crippen LogP contribution is -2.03. The second kappa shape index (κ2) is 5.91. The molecule has 2 aromatic carbocycles. The molecule has 2 N–H and O–H groups in total. The first-order valence-corrected chi connectivity index (χ1v) is 5.90. The van der Waals surface area contributed by atoms with Crippen LogP contribution in [-0.2, 0) is 11.2 Å². The number of hydrogen-bond donors (Lipinski definition) is 2. The maximum absolute atomic E-state index is 10.8. The zero-order chi connectivity index (χ0) is 13.7. The van der Waals surface area contributed by atoms with Crippen LogP contribution in [0.2, 0.25) is 0 Å². The van der Waals surface area contributed by atoms with E-state index in [1.54, 1.807) is 13.2 Å². The van der Waals surface area contributed by atoms with Crippen molar-refractivity contribution in [2.75, 3.05) is 12.4 Å². The Hall–Kier alpha value is -2.49. The highest BCUT2D eigenvalue weighted by Gasteiger charge is 2.06. The molecule has 0 spiro atoms. The summed E-state index contributed by atoms with van der Waals surface area (Å²) < 4.78 is 5.15. The smallest absolute Gasteiger partial charge is 0.307 e. The Morgan fingerprint density at radius 2 is 2.00 bits per heavy atom. The quantitative estimate of drug-likeness (QED) is 0.864. The third-order valence-electron chi connectivity index (χ3n) is 2.71. The molecular weight excluding hydrogens is 242 g/mol. The minimum Gasteiger partial charge on any atom is -0.497 e. The molecule has 0 fully saturated rings. The first-order chi connectivity index (χ1) is 9.19. The first-order valence-electron chi connectivity index (χ1n) is 5.90. The second-order valence-corrected chi connectivity index (χ2v) is 4.08. The van der Waals surface area contributed by atoms with Gasteiger partial charge in [0.25, 0.3) is 0 Å². The summed E-state index contributed by atoms with van der Waals surface area (Å²) in [5, 5.41) is 12.1. The van der Waals surface area contributed by atoms with Crippen LogP contribution in [0.1, 0.15) is 5.56 Å². The molecule has 98 valence electrons. The van der Waals surface area contributed by atoms with Gasteiger partial charge in [-0.3, -0.25) is 4.79 Å². The molecule has 0 radical (unpaired) electrons. The van der Waals surface area contributed by atoms with Crippen molar-refractivity contribution in [1.29, 1.82) is 0 Å². The van der Waals surface area contributed by atoms with Crippen molar-refractivity contribution in [3.63, 3.8) is 0 Å². The lowest BCUT2D eigenvalue weighted by molar-refractivity contribution is -0.136. The van der Waals surface area contributed by atoms with Gasteiger partial charge in [0.2, 0.25) is 0 Å². The number of anilines is 2. The molecule has 0 bridgehead atoms. The fraction of sp³-hybridized carbons (Fsp3) is 0.133. The number of benzene rings is 2. The Kier molecular flexibility index (Phi) is 4.03. The van der Waals surface area contributed by atoms with Crippen molar-refractivity contribution in [2.45, 2.75) is 6.42 Å². The van der Waals surface area contributed by atoms with Crippen LogP contribution in [0, 0.1) is 0 Å². The van der Waals surface area contributed by atoms with Gasteiger partial charge in [0.05, 0.1) is 13.5 Å². The monoisotopic (exact) mass is 257 g/mol. The van der Waals surface area contributed by atoms with Gasteiger partial charge in [-0.1, -0.05) is 24.3 Å². The molecule has 0 aliphatic carbocycles. The number of carboxylic acids is 1. The summed E-state index contributed by atoms with van der Waals surface area (Å²) in [4.78, 5) is 10.8. The number of hydrogen-bond acceptors (Lipinski definition) is 3. The van der Waals surface area contributed by atoms with Gasteiger partial charge in [-0.2, -0.15) is 0 Å². The molecule has 0 heterocycles. The third-order valence-corrected chi connectivity index (χ3v) is 2.71. The molecule has 2 rings (SSSR count). The van der Waals surface area contributed by atoms with Crippen molar-refractivity contribution in [3.8, 4) is 5.75 Å². The molecule has 0 unspecified atom stereocenters. The molecule has 4 heteroatoms. The lowest BCUT2D eigenvalue weighted by Gasteiger charge is -2.11. The predicted octanol–water partition coefficient (Wildman–Crippen LogP) is 3.07. The number of methoxy groups -OCH3 is 1. The molecule has 0 aliphatic rings. The Morgan fingerprint density at radius 1 is 1.21 bits per heavy atom. The van der Waals surface area contributed by atoms with E-state index >= 15 is 0 Å². The lowest BCUT2D eigenvalue weighted by atomic mass is 10.1. The summed E-state index contributed by atoms with van der Waals surface area (Å²) in [7, 11) is 1.61. The van der Waals surface area contributed by atoms with Crippen molar-refractivity contribution < 1.29 is 14.6 Å². The fourth-order valence-electron chi connectivity index (χ4n) is 1.82. The number of aliphatic carboxylic acids is 1. The summed E-state index contributed by atoms with van der Waals surface area (Å²) in [6, 6.07) is 14.9. The van der Waals surface area contributed by atoms with Crippen LogP contribution in [0.3, 0.4) is 0 Å². The van der Waals surface area contributed by atoms with E-state index in [1.807, 2.05) is 42.5 Å². The number of ether oxygens (including phenoxy) is 1. The van der Waals surface area contributed by atoms with Gasteiger partial charge in [0, 0.05) is 17.4 Å². The zero-order valence-corrected chi connectivity index (χ0v) is 10.6. The second-order valence-electron chi connectivity index (χ2n) is 4.08. The minimum atomic E-state index is -0.847. The Labute approximate surface area is 111 Å². The van der Waals surface area contributed by atoms with E-state index in [2.05, 4.69) is 5.32 Å². The topological polar surface area (TPSA) is 58.6 Å². The molecule has 4 nitrogen and oxygen atoms in total. The zero-order valence-electron chi connectivity index (χ0n) is 10.6. The standard InChI is InChI=1S/C15H15NO3/c1-19-13-7-4-6-12(10-13)16-14-8-3-2-5-11(14)9-15(17)18/h2-8,10,16H,9H2,1H3,(H,17,18). The van der Waals surface area contributed by atoms with Crippen LogP contribution in [0.4, 0.5) is 11.4 Å². The predicted molar refractivity (Wildman–Crippen MR) is 74.1 cm³/mol. The SMILES string of the molecule is COc1cccc(Nc2ccccc2CC(=O)O)c1. The largest absolute Gasteiger partial charge is 0.497 e. The molecule has 0 aromatic heterocycles. The third kappa shape index (κ3) is 3.48. The molecular formula is C15H15NO3.